The van der Waals surface area contributed by atoms with E-state index in [9.17, 15) is 9.59 Å². The smallest absolute Gasteiger partial charge is 1.00 e. The molecular weight excluding hydrogens is 377 g/mol. The van der Waals surface area contributed by atoms with E-state index in [0.717, 1.165) is 16.5 Å². The van der Waals surface area contributed by atoms with Gasteiger partial charge in [0.15, 0.2) is 0 Å². The van der Waals surface area contributed by atoms with Crippen LogP contribution in [0.15, 0.2) is 36.4 Å². The summed E-state index contributed by atoms with van der Waals surface area (Å²) in [6.45, 7) is 13.0. The van der Waals surface area contributed by atoms with Gasteiger partial charge in [0.05, 0.1) is 0 Å². The molecule has 1 amide bonds. The minimum absolute atomic E-state index is 0. The summed E-state index contributed by atoms with van der Waals surface area (Å²) in [4.78, 5) is 23.2. The van der Waals surface area contributed by atoms with Crippen LogP contribution >= 0.6 is 0 Å². The van der Waals surface area contributed by atoms with E-state index >= 15 is 0 Å². The van der Waals surface area contributed by atoms with Gasteiger partial charge in [-0.2, -0.15) is 0 Å². The first-order chi connectivity index (χ1) is 13.1. The average Bonchev–Trinajstić information content (AvgIpc) is 2.62. The SMILES string of the molecule is CC(C)[Si](Oc1ccc2cccc(C(=O)NCC(=O)O)c2c1)(C(C)C)C(C)C.[H-].[Li+]. The molecule has 0 spiro atoms. The molecule has 2 N–H and O–H groups in total. The van der Waals surface area contributed by atoms with E-state index in [1.54, 1.807) is 12.1 Å². The molecule has 2 aromatic carbocycles. The fourth-order valence-corrected chi connectivity index (χ4v) is 9.56. The minimum atomic E-state index is -2.11. The van der Waals surface area contributed by atoms with Gasteiger partial charge in [-0.3, -0.25) is 9.59 Å². The topological polar surface area (TPSA) is 75.6 Å². The van der Waals surface area contributed by atoms with Crippen molar-refractivity contribution in [2.45, 2.75) is 58.2 Å². The van der Waals surface area contributed by atoms with Crippen LogP contribution in [0.1, 0.15) is 53.3 Å². The Morgan fingerprint density at radius 1 is 1.03 bits per heavy atom. The monoisotopic (exact) mass is 409 g/mol. The summed E-state index contributed by atoms with van der Waals surface area (Å²) in [6, 6.07) is 11.3. The first-order valence-electron chi connectivity index (χ1n) is 9.81. The Balaban J connectivity index is 0.00000420. The van der Waals surface area contributed by atoms with Gasteiger partial charge in [-0.15, -0.1) is 0 Å². The molecule has 29 heavy (non-hydrogen) atoms. The zero-order valence-corrected chi connectivity index (χ0v) is 19.6. The standard InChI is InChI=1S/C22H31NO4Si.Li.H/c1-14(2)28(15(3)4,16(5)6)27-18-11-10-17-8-7-9-19(20(17)12-18)22(26)23-13-21(24)25;;/h7-12,14-16H,13H2,1-6H3,(H,23,26)(H,24,25);;/q;+1;-1. The molecule has 2 aromatic rings. The molecule has 0 saturated heterocycles. The Morgan fingerprint density at radius 3 is 2.14 bits per heavy atom. The van der Waals surface area contributed by atoms with E-state index in [2.05, 4.69) is 46.9 Å². The summed E-state index contributed by atoms with van der Waals surface area (Å²) < 4.78 is 6.74. The number of hydrogen-bond donors (Lipinski definition) is 2. The van der Waals surface area contributed by atoms with Crippen LogP contribution in [0, 0.1) is 0 Å². The van der Waals surface area contributed by atoms with Crippen molar-refractivity contribution in [3.05, 3.63) is 42.0 Å². The van der Waals surface area contributed by atoms with Crippen LogP contribution in [0.5, 0.6) is 5.75 Å². The molecule has 0 aromatic heterocycles. The van der Waals surface area contributed by atoms with Crippen molar-refractivity contribution >= 4 is 31.0 Å². The van der Waals surface area contributed by atoms with Gasteiger partial charge in [0, 0.05) is 5.56 Å². The van der Waals surface area contributed by atoms with E-state index in [1.807, 2.05) is 24.3 Å². The van der Waals surface area contributed by atoms with E-state index in [4.69, 9.17) is 9.53 Å². The molecular formula is C22H32LiNO4Si. The second kappa shape index (κ2) is 10.3. The quantitative estimate of drug-likeness (QED) is 0.656. The molecule has 0 heterocycles. The first-order valence-corrected chi connectivity index (χ1v) is 11.9. The summed E-state index contributed by atoms with van der Waals surface area (Å²) >= 11 is 0. The van der Waals surface area contributed by atoms with Gasteiger partial charge in [-0.25, -0.2) is 0 Å². The van der Waals surface area contributed by atoms with Crippen molar-refractivity contribution in [1.82, 2.24) is 5.32 Å². The van der Waals surface area contributed by atoms with Gasteiger partial charge in [-0.05, 0) is 45.6 Å². The van der Waals surface area contributed by atoms with Crippen molar-refractivity contribution in [3.63, 3.8) is 0 Å². The number of carboxylic acid groups (broad SMARTS) is 1. The van der Waals surface area contributed by atoms with Crippen LogP contribution in [-0.2, 0) is 4.79 Å². The Hall–Kier alpha value is -1.75. The van der Waals surface area contributed by atoms with Gasteiger partial charge >= 0.3 is 24.8 Å². The summed E-state index contributed by atoms with van der Waals surface area (Å²) in [7, 11) is -2.11. The third kappa shape index (κ3) is 5.45. The maximum atomic E-state index is 12.5. The fourth-order valence-electron chi connectivity index (χ4n) is 4.32. The number of benzene rings is 2. The minimum Gasteiger partial charge on any atom is -1.00 e. The maximum absolute atomic E-state index is 12.5. The van der Waals surface area contributed by atoms with Crippen molar-refractivity contribution < 1.29 is 39.4 Å². The predicted octanol–water partition coefficient (Wildman–Crippen LogP) is 2.33. The van der Waals surface area contributed by atoms with Gasteiger partial charge < -0.3 is 16.3 Å². The molecule has 0 aliphatic rings. The van der Waals surface area contributed by atoms with Gasteiger partial charge in [0.25, 0.3) is 14.2 Å². The van der Waals surface area contributed by atoms with Gasteiger partial charge in [0.1, 0.15) is 12.3 Å². The number of hydrogen-bond acceptors (Lipinski definition) is 3. The normalized spacial score (nSPS) is 11.6. The van der Waals surface area contributed by atoms with Crippen molar-refractivity contribution in [1.29, 1.82) is 0 Å². The number of carbonyl (C=O) groups is 2. The van der Waals surface area contributed by atoms with E-state index in [-0.39, 0.29) is 20.3 Å². The Morgan fingerprint density at radius 2 is 1.62 bits per heavy atom. The van der Waals surface area contributed by atoms with Crippen LogP contribution in [0.25, 0.3) is 10.8 Å². The number of nitrogens with one attached hydrogen (secondary N) is 1. The van der Waals surface area contributed by atoms with Crippen LogP contribution in [0.4, 0.5) is 0 Å². The third-order valence-electron chi connectivity index (χ3n) is 5.50. The van der Waals surface area contributed by atoms with Crippen LogP contribution in [0.3, 0.4) is 0 Å². The summed E-state index contributed by atoms with van der Waals surface area (Å²) in [6.07, 6.45) is 0. The van der Waals surface area contributed by atoms with Gasteiger partial charge in [-0.1, -0.05) is 59.7 Å². The van der Waals surface area contributed by atoms with E-state index in [0.29, 0.717) is 22.2 Å². The van der Waals surface area contributed by atoms with Crippen molar-refractivity contribution in [3.8, 4) is 5.75 Å². The molecule has 0 aliphatic carbocycles. The number of carboxylic acids is 1. The molecule has 5 nitrogen and oxygen atoms in total. The number of amides is 1. The molecule has 7 heteroatoms. The molecule has 0 aliphatic heterocycles. The van der Waals surface area contributed by atoms with E-state index < -0.39 is 26.7 Å². The van der Waals surface area contributed by atoms with Crippen LogP contribution in [-0.4, -0.2) is 31.8 Å². The molecule has 0 unspecified atom stereocenters. The second-order valence-corrected chi connectivity index (χ2v) is 13.6. The third-order valence-corrected chi connectivity index (χ3v) is 11.5. The number of aliphatic carboxylic acids is 1. The van der Waals surface area contributed by atoms with Crippen LogP contribution in [0.2, 0.25) is 16.6 Å². The van der Waals surface area contributed by atoms with Crippen molar-refractivity contribution in [2.24, 2.45) is 0 Å². The first kappa shape index (κ1) is 25.3. The fraction of sp³-hybridized carbons (Fsp3) is 0.455. The number of fused-ring (bicyclic) bond motifs is 1. The van der Waals surface area contributed by atoms with Crippen LogP contribution < -0.4 is 28.6 Å². The summed E-state index contributed by atoms with van der Waals surface area (Å²) in [5.41, 5.74) is 1.78. The molecule has 0 radical (unpaired) electrons. The van der Waals surface area contributed by atoms with Gasteiger partial charge in [0.2, 0.25) is 0 Å². The second-order valence-electron chi connectivity index (χ2n) is 8.18. The molecule has 0 saturated carbocycles. The molecule has 154 valence electrons. The zero-order chi connectivity index (χ0) is 21.1. The summed E-state index contributed by atoms with van der Waals surface area (Å²) in [5.74, 6) is -0.696. The Bertz CT molecular complexity index is 852. The number of carbonyl (C=O) groups excluding carboxylic acids is 1. The molecule has 0 bridgehead atoms. The predicted molar refractivity (Wildman–Crippen MR) is 117 cm³/mol. The molecule has 0 atom stereocenters. The summed E-state index contributed by atoms with van der Waals surface area (Å²) in [5, 5.41) is 12.9. The Labute approximate surface area is 188 Å². The molecule has 0 fully saturated rings. The largest absolute Gasteiger partial charge is 1.00 e. The Kier molecular flexibility index (Phi) is 9.01. The number of rotatable bonds is 8. The maximum Gasteiger partial charge on any atom is 1.00 e. The van der Waals surface area contributed by atoms with Crippen molar-refractivity contribution in [2.75, 3.05) is 6.54 Å². The van der Waals surface area contributed by atoms with E-state index in [1.165, 1.54) is 0 Å². The zero-order valence-electron chi connectivity index (χ0n) is 19.6. The molecule has 2 rings (SSSR count). The average molecular weight is 410 g/mol.